The van der Waals surface area contributed by atoms with Crippen LogP contribution in [0.4, 0.5) is 0 Å². The van der Waals surface area contributed by atoms with Crippen LogP contribution in [0, 0.1) is 0 Å². The Kier molecular flexibility index (Phi) is 5.78. The Bertz CT molecular complexity index is 1050. The number of rotatable bonds is 6. The van der Waals surface area contributed by atoms with Crippen LogP contribution in [0.2, 0.25) is 0 Å². The maximum atomic E-state index is 12.4. The molecule has 1 heterocycles. The highest BCUT2D eigenvalue weighted by atomic mass is 16.5. The van der Waals surface area contributed by atoms with Gasteiger partial charge in [0.2, 0.25) is 6.10 Å². The van der Waals surface area contributed by atoms with Gasteiger partial charge in [0.1, 0.15) is 5.52 Å². The number of ether oxygens (including phenoxy) is 1. The first kappa shape index (κ1) is 19.2. The average Bonchev–Trinajstić information content (AvgIpc) is 2.72. The molecule has 8 heteroatoms. The predicted octanol–water partition coefficient (Wildman–Crippen LogP) is 1.55. The molecule has 1 atom stereocenters. The van der Waals surface area contributed by atoms with Gasteiger partial charge in [0.05, 0.1) is 18.4 Å². The molecule has 0 N–H and O–H groups in total. The molecule has 1 aromatic heterocycles. The quantitative estimate of drug-likeness (QED) is 0.602. The van der Waals surface area contributed by atoms with E-state index in [4.69, 9.17) is 4.74 Å². The second-order valence-corrected chi connectivity index (χ2v) is 6.40. The number of fused-ring (bicyclic) bond motifs is 1. The first-order valence-electron chi connectivity index (χ1n) is 8.75. The van der Waals surface area contributed by atoms with Gasteiger partial charge in [-0.05, 0) is 12.1 Å². The molecule has 0 aliphatic heterocycles. The summed E-state index contributed by atoms with van der Waals surface area (Å²) in [6, 6.07) is 15.6. The molecule has 0 spiro atoms. The Morgan fingerprint density at radius 2 is 1.75 bits per heavy atom. The number of carbonyl (C=O) groups excluding carboxylic acids is 2. The van der Waals surface area contributed by atoms with Crippen LogP contribution in [0.15, 0.2) is 59.4 Å². The summed E-state index contributed by atoms with van der Waals surface area (Å²) in [7, 11) is 3.19. The summed E-state index contributed by atoms with van der Waals surface area (Å²) in [4.78, 5) is 38.6. The lowest BCUT2D eigenvalue weighted by atomic mass is 10.1. The number of likely N-dealkylation sites (N-methyl/N-ethyl adjacent to an activating group) is 1. The fraction of sp³-hybridized carbons (Fsp3) is 0.250. The number of amides is 1. The van der Waals surface area contributed by atoms with E-state index in [0.29, 0.717) is 16.5 Å². The normalized spacial score (nSPS) is 11.8. The molecular formula is C20H20N4O4. The van der Waals surface area contributed by atoms with Crippen molar-refractivity contribution in [3.05, 3.63) is 70.5 Å². The van der Waals surface area contributed by atoms with Gasteiger partial charge in [-0.2, -0.15) is 0 Å². The Morgan fingerprint density at radius 3 is 2.46 bits per heavy atom. The number of aromatic nitrogens is 3. The molecular weight excluding hydrogens is 360 g/mol. The van der Waals surface area contributed by atoms with Gasteiger partial charge in [-0.3, -0.25) is 14.4 Å². The number of carbonyl (C=O) groups is 2. The first-order valence-corrected chi connectivity index (χ1v) is 8.75. The van der Waals surface area contributed by atoms with E-state index >= 15 is 0 Å². The van der Waals surface area contributed by atoms with Crippen LogP contribution in [0.1, 0.15) is 18.1 Å². The van der Waals surface area contributed by atoms with E-state index in [-0.39, 0.29) is 24.4 Å². The summed E-state index contributed by atoms with van der Waals surface area (Å²) in [5.74, 6) is -0.951. The van der Waals surface area contributed by atoms with E-state index in [2.05, 4.69) is 10.3 Å². The molecule has 144 valence electrons. The van der Waals surface area contributed by atoms with E-state index in [9.17, 15) is 14.4 Å². The number of esters is 1. The molecule has 0 unspecified atom stereocenters. The van der Waals surface area contributed by atoms with Crippen LogP contribution >= 0.6 is 0 Å². The monoisotopic (exact) mass is 380 g/mol. The number of benzene rings is 2. The SMILES string of the molecule is CN(C)C(=O)[C@H](OC(=O)CCn1nnc2ccccc2c1=O)c1ccccc1. The third-order valence-corrected chi connectivity index (χ3v) is 4.17. The van der Waals surface area contributed by atoms with Crippen LogP contribution in [-0.4, -0.2) is 45.9 Å². The lowest BCUT2D eigenvalue weighted by molar-refractivity contribution is -0.160. The lowest BCUT2D eigenvalue weighted by Gasteiger charge is -2.21. The number of aryl methyl sites for hydroxylation is 1. The lowest BCUT2D eigenvalue weighted by Crippen LogP contribution is -2.32. The predicted molar refractivity (Wildman–Crippen MR) is 102 cm³/mol. The minimum absolute atomic E-state index is 0.00711. The van der Waals surface area contributed by atoms with Crippen LogP contribution in [0.5, 0.6) is 0 Å². The molecule has 0 radical (unpaired) electrons. The second-order valence-electron chi connectivity index (χ2n) is 6.40. The van der Waals surface area contributed by atoms with Gasteiger partial charge in [0, 0.05) is 19.7 Å². The molecule has 0 saturated carbocycles. The zero-order valence-electron chi connectivity index (χ0n) is 15.6. The minimum Gasteiger partial charge on any atom is -0.447 e. The van der Waals surface area contributed by atoms with Gasteiger partial charge >= 0.3 is 5.97 Å². The van der Waals surface area contributed by atoms with Gasteiger partial charge in [0.15, 0.2) is 0 Å². The molecule has 3 aromatic rings. The topological polar surface area (TPSA) is 94.4 Å². The first-order chi connectivity index (χ1) is 13.5. The Morgan fingerprint density at radius 1 is 1.07 bits per heavy atom. The smallest absolute Gasteiger partial charge is 0.308 e. The molecule has 28 heavy (non-hydrogen) atoms. The van der Waals surface area contributed by atoms with Crippen molar-refractivity contribution in [1.29, 1.82) is 0 Å². The Labute approximate surface area is 161 Å². The summed E-state index contributed by atoms with van der Waals surface area (Å²) >= 11 is 0. The van der Waals surface area contributed by atoms with E-state index in [0.717, 1.165) is 4.68 Å². The maximum absolute atomic E-state index is 12.4. The molecule has 2 aromatic carbocycles. The summed E-state index contributed by atoms with van der Waals surface area (Å²) < 4.78 is 6.53. The van der Waals surface area contributed by atoms with Gasteiger partial charge in [-0.15, -0.1) is 5.10 Å². The zero-order valence-corrected chi connectivity index (χ0v) is 15.6. The summed E-state index contributed by atoms with van der Waals surface area (Å²) in [5.41, 5.74) is 0.742. The van der Waals surface area contributed by atoms with Crippen molar-refractivity contribution < 1.29 is 14.3 Å². The zero-order chi connectivity index (χ0) is 20.1. The summed E-state index contributed by atoms with van der Waals surface area (Å²) in [6.45, 7) is 0.00711. The van der Waals surface area contributed by atoms with Crippen molar-refractivity contribution in [3.63, 3.8) is 0 Å². The molecule has 3 rings (SSSR count). The minimum atomic E-state index is -1.04. The van der Waals surface area contributed by atoms with Crippen LogP contribution in [0.25, 0.3) is 10.9 Å². The fourth-order valence-electron chi connectivity index (χ4n) is 2.68. The van der Waals surface area contributed by atoms with Crippen LogP contribution < -0.4 is 5.56 Å². The molecule has 0 bridgehead atoms. The summed E-state index contributed by atoms with van der Waals surface area (Å²) in [5, 5.41) is 8.26. The van der Waals surface area contributed by atoms with Gasteiger partial charge in [0.25, 0.3) is 11.5 Å². The highest BCUT2D eigenvalue weighted by Gasteiger charge is 2.26. The van der Waals surface area contributed by atoms with Gasteiger partial charge in [-0.25, -0.2) is 4.68 Å². The highest BCUT2D eigenvalue weighted by molar-refractivity contribution is 5.84. The van der Waals surface area contributed by atoms with E-state index in [1.807, 2.05) is 6.07 Å². The van der Waals surface area contributed by atoms with Crippen molar-refractivity contribution in [2.24, 2.45) is 0 Å². The Hall–Kier alpha value is -3.55. The van der Waals surface area contributed by atoms with Crippen molar-refractivity contribution in [2.75, 3.05) is 14.1 Å². The number of hydrogen-bond donors (Lipinski definition) is 0. The van der Waals surface area contributed by atoms with Crippen molar-refractivity contribution in [3.8, 4) is 0 Å². The van der Waals surface area contributed by atoms with E-state index in [1.165, 1.54) is 4.90 Å². The van der Waals surface area contributed by atoms with Crippen LogP contribution in [0.3, 0.4) is 0 Å². The molecule has 0 aliphatic carbocycles. The standard InChI is InChI=1S/C20H20N4O4/c1-23(2)20(27)18(14-8-4-3-5-9-14)28-17(25)12-13-24-19(26)15-10-6-7-11-16(15)21-22-24/h3-11,18H,12-13H2,1-2H3/t18-/m1/s1. The number of hydrogen-bond acceptors (Lipinski definition) is 6. The van der Waals surface area contributed by atoms with Gasteiger partial charge in [-0.1, -0.05) is 47.7 Å². The maximum Gasteiger partial charge on any atom is 0.308 e. The second kappa shape index (κ2) is 8.43. The molecule has 0 saturated heterocycles. The largest absolute Gasteiger partial charge is 0.447 e. The summed E-state index contributed by atoms with van der Waals surface area (Å²) in [6.07, 6.45) is -1.15. The third-order valence-electron chi connectivity index (χ3n) is 4.17. The highest BCUT2D eigenvalue weighted by Crippen LogP contribution is 2.20. The van der Waals surface area contributed by atoms with Crippen molar-refractivity contribution in [2.45, 2.75) is 19.1 Å². The molecule has 1 amide bonds. The van der Waals surface area contributed by atoms with E-state index < -0.39 is 12.1 Å². The van der Waals surface area contributed by atoms with Crippen molar-refractivity contribution >= 4 is 22.8 Å². The van der Waals surface area contributed by atoms with Crippen molar-refractivity contribution in [1.82, 2.24) is 19.9 Å². The van der Waals surface area contributed by atoms with Crippen LogP contribution in [-0.2, 0) is 20.9 Å². The van der Waals surface area contributed by atoms with E-state index in [1.54, 1.807) is 62.6 Å². The molecule has 0 aliphatic rings. The molecule has 0 fully saturated rings. The third kappa shape index (κ3) is 4.22. The number of nitrogens with zero attached hydrogens (tertiary/aromatic N) is 4. The molecule has 8 nitrogen and oxygen atoms in total. The average molecular weight is 380 g/mol. The fourth-order valence-corrected chi connectivity index (χ4v) is 2.68. The van der Waals surface area contributed by atoms with Gasteiger partial charge < -0.3 is 9.64 Å². The Balaban J connectivity index is 1.72.